The number of esters is 1. The number of carbonyl (C=O) groups is 1. The van der Waals surface area contributed by atoms with Crippen LogP contribution < -0.4 is 4.74 Å². The molecule has 3 rings (SSSR count). The molecule has 0 aliphatic rings. The van der Waals surface area contributed by atoms with E-state index < -0.39 is 12.1 Å². The van der Waals surface area contributed by atoms with Crippen molar-refractivity contribution in [2.75, 3.05) is 7.11 Å². The lowest BCUT2D eigenvalue weighted by atomic mass is 10.1. The first-order chi connectivity index (χ1) is 12.5. The summed E-state index contributed by atoms with van der Waals surface area (Å²) in [5.41, 5.74) is 3.24. The van der Waals surface area contributed by atoms with E-state index in [4.69, 9.17) is 13.9 Å². The maximum atomic E-state index is 12.4. The molecule has 0 bridgehead atoms. The Balaban J connectivity index is 1.73. The Morgan fingerprint density at radius 2 is 1.81 bits per heavy atom. The van der Waals surface area contributed by atoms with Gasteiger partial charge in [-0.15, -0.1) is 10.2 Å². The van der Waals surface area contributed by atoms with Crippen LogP contribution in [0.25, 0.3) is 11.5 Å². The molecule has 0 N–H and O–H groups in total. The third-order valence-corrected chi connectivity index (χ3v) is 4.01. The summed E-state index contributed by atoms with van der Waals surface area (Å²) in [4.78, 5) is 12.4. The van der Waals surface area contributed by atoms with E-state index in [2.05, 4.69) is 10.2 Å². The highest BCUT2D eigenvalue weighted by Gasteiger charge is 2.21. The van der Waals surface area contributed by atoms with Gasteiger partial charge in [0.2, 0.25) is 5.89 Å². The van der Waals surface area contributed by atoms with Crippen molar-refractivity contribution in [1.82, 2.24) is 10.2 Å². The van der Waals surface area contributed by atoms with E-state index in [0.29, 0.717) is 11.5 Å². The third-order valence-electron chi connectivity index (χ3n) is 4.01. The number of aromatic nitrogens is 2. The van der Waals surface area contributed by atoms with Gasteiger partial charge >= 0.3 is 5.97 Å². The van der Waals surface area contributed by atoms with E-state index >= 15 is 0 Å². The summed E-state index contributed by atoms with van der Waals surface area (Å²) in [6.45, 7) is 5.55. The number of hydrogen-bond acceptors (Lipinski definition) is 6. The fourth-order valence-corrected chi connectivity index (χ4v) is 2.57. The second kappa shape index (κ2) is 7.39. The third kappa shape index (κ3) is 3.74. The molecule has 0 aliphatic carbocycles. The van der Waals surface area contributed by atoms with Gasteiger partial charge in [-0.25, -0.2) is 4.79 Å². The number of benzene rings is 2. The second-order valence-electron chi connectivity index (χ2n) is 6.04. The summed E-state index contributed by atoms with van der Waals surface area (Å²) < 4.78 is 16.3. The van der Waals surface area contributed by atoms with Crippen molar-refractivity contribution >= 4 is 5.97 Å². The molecule has 134 valence electrons. The van der Waals surface area contributed by atoms with Gasteiger partial charge in [0.25, 0.3) is 5.89 Å². The molecule has 1 unspecified atom stereocenters. The molecule has 0 aliphatic heterocycles. The Morgan fingerprint density at radius 3 is 2.46 bits per heavy atom. The monoisotopic (exact) mass is 352 g/mol. The Bertz CT molecular complexity index is 916. The molecule has 0 amide bonds. The summed E-state index contributed by atoms with van der Waals surface area (Å²) in [5.74, 6) is 0.925. The van der Waals surface area contributed by atoms with E-state index in [9.17, 15) is 4.79 Å². The van der Waals surface area contributed by atoms with Crippen molar-refractivity contribution < 1.29 is 18.7 Å². The number of carbonyl (C=O) groups excluding carboxylic acids is 1. The Morgan fingerprint density at radius 1 is 1.08 bits per heavy atom. The summed E-state index contributed by atoms with van der Waals surface area (Å²) >= 11 is 0. The van der Waals surface area contributed by atoms with E-state index in [-0.39, 0.29) is 5.89 Å². The van der Waals surface area contributed by atoms with Crippen molar-refractivity contribution in [3.8, 4) is 17.2 Å². The largest absolute Gasteiger partial charge is 0.497 e. The normalized spacial score (nSPS) is 11.8. The number of ether oxygens (including phenoxy) is 2. The lowest BCUT2D eigenvalue weighted by molar-refractivity contribution is 0.0279. The average molecular weight is 352 g/mol. The minimum Gasteiger partial charge on any atom is -0.497 e. The van der Waals surface area contributed by atoms with Crippen LogP contribution in [-0.2, 0) is 4.74 Å². The number of hydrogen-bond donors (Lipinski definition) is 0. The molecule has 0 fully saturated rings. The maximum absolute atomic E-state index is 12.4. The molecule has 0 saturated heterocycles. The molecule has 6 heteroatoms. The highest BCUT2D eigenvalue weighted by atomic mass is 16.6. The summed E-state index contributed by atoms with van der Waals surface area (Å²) in [6.07, 6.45) is -0.650. The van der Waals surface area contributed by atoms with Crippen LogP contribution in [0.15, 0.2) is 46.9 Å². The summed E-state index contributed by atoms with van der Waals surface area (Å²) in [7, 11) is 1.60. The van der Waals surface area contributed by atoms with Gasteiger partial charge in [-0.05, 0) is 56.7 Å². The summed E-state index contributed by atoms with van der Waals surface area (Å²) in [5, 5.41) is 8.02. The molecule has 1 atom stereocenters. The van der Waals surface area contributed by atoms with E-state index in [1.165, 1.54) is 0 Å². The van der Waals surface area contributed by atoms with E-state index in [1.807, 2.05) is 50.2 Å². The quantitative estimate of drug-likeness (QED) is 0.638. The van der Waals surface area contributed by atoms with Crippen LogP contribution >= 0.6 is 0 Å². The van der Waals surface area contributed by atoms with Crippen LogP contribution in [0.2, 0.25) is 0 Å². The molecular formula is C20H20N2O4. The fraction of sp³-hybridized carbons (Fsp3) is 0.250. The molecular weight excluding hydrogens is 332 g/mol. The second-order valence-corrected chi connectivity index (χ2v) is 6.04. The number of aryl methyl sites for hydroxylation is 2. The van der Waals surface area contributed by atoms with Gasteiger partial charge in [0.1, 0.15) is 5.75 Å². The van der Waals surface area contributed by atoms with Crippen LogP contribution in [0, 0.1) is 13.8 Å². The number of nitrogens with zero attached hydrogens (tertiary/aromatic N) is 2. The van der Waals surface area contributed by atoms with Crippen molar-refractivity contribution in [3.05, 3.63) is 65.0 Å². The molecule has 6 nitrogen and oxygen atoms in total. The van der Waals surface area contributed by atoms with Crippen molar-refractivity contribution in [2.45, 2.75) is 26.9 Å². The SMILES string of the molecule is COc1ccc(-c2nnc(C(C)OC(=O)c3ccc(C)cc3C)o2)cc1. The lowest BCUT2D eigenvalue weighted by Gasteiger charge is -2.11. The summed E-state index contributed by atoms with van der Waals surface area (Å²) in [6, 6.07) is 12.8. The zero-order valence-corrected chi connectivity index (χ0v) is 15.1. The molecule has 3 aromatic rings. The van der Waals surface area contributed by atoms with E-state index in [1.54, 1.807) is 20.1 Å². The van der Waals surface area contributed by atoms with Crippen LogP contribution in [0.1, 0.15) is 40.4 Å². The maximum Gasteiger partial charge on any atom is 0.339 e. The minimum atomic E-state index is -0.650. The minimum absolute atomic E-state index is 0.244. The molecule has 0 spiro atoms. The standard InChI is InChI=1S/C20H20N2O4/c1-12-5-10-17(13(2)11-12)20(23)25-14(3)18-21-22-19(26-18)15-6-8-16(24-4)9-7-15/h5-11,14H,1-4H3. The van der Waals surface area contributed by atoms with Gasteiger partial charge in [-0.1, -0.05) is 17.7 Å². The molecule has 26 heavy (non-hydrogen) atoms. The Kier molecular flexibility index (Phi) is 5.02. The highest BCUT2D eigenvalue weighted by Crippen LogP contribution is 2.25. The zero-order valence-electron chi connectivity index (χ0n) is 15.1. The molecule has 1 heterocycles. The average Bonchev–Trinajstić information content (AvgIpc) is 3.12. The molecule has 2 aromatic carbocycles. The van der Waals surface area contributed by atoms with Crippen LogP contribution in [0.4, 0.5) is 0 Å². The van der Waals surface area contributed by atoms with Crippen molar-refractivity contribution in [1.29, 1.82) is 0 Å². The van der Waals surface area contributed by atoms with Crippen molar-refractivity contribution in [2.24, 2.45) is 0 Å². The van der Waals surface area contributed by atoms with Gasteiger partial charge < -0.3 is 13.9 Å². The zero-order chi connectivity index (χ0) is 18.7. The first-order valence-electron chi connectivity index (χ1n) is 8.24. The fourth-order valence-electron chi connectivity index (χ4n) is 2.57. The topological polar surface area (TPSA) is 74.5 Å². The first-order valence-corrected chi connectivity index (χ1v) is 8.24. The Labute approximate surface area is 151 Å². The first kappa shape index (κ1) is 17.7. The van der Waals surface area contributed by atoms with Crippen LogP contribution in [0.5, 0.6) is 5.75 Å². The molecule has 0 saturated carbocycles. The predicted octanol–water partition coefficient (Wildman–Crippen LogP) is 4.28. The van der Waals surface area contributed by atoms with Crippen LogP contribution in [-0.4, -0.2) is 23.3 Å². The number of methoxy groups -OCH3 is 1. The molecule has 1 aromatic heterocycles. The lowest BCUT2D eigenvalue weighted by Crippen LogP contribution is -2.11. The Hall–Kier alpha value is -3.15. The predicted molar refractivity (Wildman–Crippen MR) is 96.0 cm³/mol. The van der Waals surface area contributed by atoms with E-state index in [0.717, 1.165) is 22.4 Å². The number of rotatable bonds is 5. The van der Waals surface area contributed by atoms with Crippen molar-refractivity contribution in [3.63, 3.8) is 0 Å². The molecule has 0 radical (unpaired) electrons. The van der Waals surface area contributed by atoms with Gasteiger partial charge in [0.15, 0.2) is 6.10 Å². The van der Waals surface area contributed by atoms with Crippen LogP contribution in [0.3, 0.4) is 0 Å². The smallest absolute Gasteiger partial charge is 0.339 e. The van der Waals surface area contributed by atoms with Gasteiger partial charge in [-0.3, -0.25) is 0 Å². The van der Waals surface area contributed by atoms with Gasteiger partial charge in [0, 0.05) is 5.56 Å². The van der Waals surface area contributed by atoms with Gasteiger partial charge in [-0.2, -0.15) is 0 Å². The van der Waals surface area contributed by atoms with Gasteiger partial charge in [0.05, 0.1) is 12.7 Å². The highest BCUT2D eigenvalue weighted by molar-refractivity contribution is 5.91.